The van der Waals surface area contributed by atoms with Crippen molar-refractivity contribution >= 4 is 0 Å². The number of piperidine rings is 1. The largest absolute Gasteiger partial charge is 0.310 e. The Kier molecular flexibility index (Phi) is 2.65. The number of hydrogen-bond acceptors (Lipinski definition) is 1. The van der Waals surface area contributed by atoms with Crippen molar-refractivity contribution in [3.05, 3.63) is 35.9 Å². The van der Waals surface area contributed by atoms with E-state index in [-0.39, 0.29) is 0 Å². The monoisotopic (exact) mass is 175 g/mol. The second kappa shape index (κ2) is 3.93. The number of hydrogen-bond donors (Lipinski definition) is 1. The molecule has 1 nitrogen and oxygen atoms in total. The lowest BCUT2D eigenvalue weighted by atomic mass is 9.88. The van der Waals surface area contributed by atoms with Gasteiger partial charge < -0.3 is 5.32 Å². The molecule has 13 heavy (non-hydrogen) atoms. The molecule has 1 unspecified atom stereocenters. The van der Waals surface area contributed by atoms with Crippen LogP contribution in [0.5, 0.6) is 0 Å². The third kappa shape index (κ3) is 1.92. The molecular formula is C12H17N. The maximum atomic E-state index is 3.59. The highest BCUT2D eigenvalue weighted by atomic mass is 14.9. The quantitative estimate of drug-likeness (QED) is 0.692. The number of rotatable bonds is 1. The predicted molar refractivity (Wildman–Crippen MR) is 55.6 cm³/mol. The molecule has 1 aliphatic rings. The van der Waals surface area contributed by atoms with Crippen LogP contribution in [0.2, 0.25) is 0 Å². The van der Waals surface area contributed by atoms with Crippen molar-refractivity contribution in [2.75, 3.05) is 6.54 Å². The maximum Gasteiger partial charge on any atom is 0.0346 e. The second-order valence-electron chi connectivity index (χ2n) is 3.96. The minimum absolute atomic E-state index is 0.579. The Morgan fingerprint density at radius 1 is 1.23 bits per heavy atom. The first-order valence-corrected chi connectivity index (χ1v) is 5.16. The molecule has 2 rings (SSSR count). The van der Waals surface area contributed by atoms with Crippen LogP contribution in [0.4, 0.5) is 0 Å². The van der Waals surface area contributed by atoms with Crippen LogP contribution in [-0.2, 0) is 0 Å². The first-order chi connectivity index (χ1) is 6.38. The molecule has 70 valence electrons. The summed E-state index contributed by atoms with van der Waals surface area (Å²) in [5.74, 6) is 0.774. The minimum atomic E-state index is 0.579. The lowest BCUT2D eigenvalue weighted by molar-refractivity contribution is 0.306. The zero-order valence-corrected chi connectivity index (χ0v) is 8.16. The van der Waals surface area contributed by atoms with Gasteiger partial charge in [0.15, 0.2) is 0 Å². The van der Waals surface area contributed by atoms with Gasteiger partial charge in [0.1, 0.15) is 0 Å². The number of benzene rings is 1. The van der Waals surface area contributed by atoms with E-state index in [4.69, 9.17) is 0 Å². The van der Waals surface area contributed by atoms with Crippen molar-refractivity contribution in [2.24, 2.45) is 5.92 Å². The maximum absolute atomic E-state index is 3.59. The van der Waals surface area contributed by atoms with Crippen molar-refractivity contribution in [2.45, 2.75) is 25.8 Å². The van der Waals surface area contributed by atoms with E-state index < -0.39 is 0 Å². The Morgan fingerprint density at radius 2 is 2.00 bits per heavy atom. The van der Waals surface area contributed by atoms with E-state index in [0.717, 1.165) is 5.92 Å². The normalized spacial score (nSPS) is 28.7. The lowest BCUT2D eigenvalue weighted by Crippen LogP contribution is -2.32. The van der Waals surface area contributed by atoms with Crippen LogP contribution in [0.15, 0.2) is 30.3 Å². The Hall–Kier alpha value is -0.820. The molecule has 1 heteroatoms. The Morgan fingerprint density at radius 3 is 2.69 bits per heavy atom. The van der Waals surface area contributed by atoms with Crippen LogP contribution >= 0.6 is 0 Å². The summed E-state index contributed by atoms with van der Waals surface area (Å²) in [7, 11) is 0. The predicted octanol–water partition coefficient (Wildman–Crippen LogP) is 2.75. The fourth-order valence-electron chi connectivity index (χ4n) is 2.16. The van der Waals surface area contributed by atoms with E-state index in [0.29, 0.717) is 6.04 Å². The van der Waals surface area contributed by atoms with E-state index >= 15 is 0 Å². The van der Waals surface area contributed by atoms with Crippen LogP contribution in [0, 0.1) is 5.92 Å². The molecule has 1 fully saturated rings. The van der Waals surface area contributed by atoms with Crippen LogP contribution in [-0.4, -0.2) is 6.54 Å². The van der Waals surface area contributed by atoms with Crippen molar-refractivity contribution in [3.63, 3.8) is 0 Å². The fraction of sp³-hybridized carbons (Fsp3) is 0.500. The highest BCUT2D eigenvalue weighted by Gasteiger charge is 2.21. The van der Waals surface area contributed by atoms with Gasteiger partial charge >= 0.3 is 0 Å². The summed E-state index contributed by atoms with van der Waals surface area (Å²) >= 11 is 0. The first kappa shape index (κ1) is 8.76. The Bertz CT molecular complexity index is 255. The molecule has 0 amide bonds. The molecule has 0 spiro atoms. The summed E-state index contributed by atoms with van der Waals surface area (Å²) in [5.41, 5.74) is 1.44. The molecule has 0 radical (unpaired) electrons. The molecule has 1 saturated heterocycles. The minimum Gasteiger partial charge on any atom is -0.310 e. The standard InChI is InChI=1S/C12H17N/c1-10-6-5-9-13-12(10)11-7-3-2-4-8-11/h2-4,7-8,10,12-13H,5-6,9H2,1H3/t10-,12?/m0/s1. The average molecular weight is 175 g/mol. The first-order valence-electron chi connectivity index (χ1n) is 5.16. The van der Waals surface area contributed by atoms with Crippen LogP contribution < -0.4 is 5.32 Å². The van der Waals surface area contributed by atoms with E-state index in [1.54, 1.807) is 0 Å². The van der Waals surface area contributed by atoms with Crippen molar-refractivity contribution in [3.8, 4) is 0 Å². The molecular weight excluding hydrogens is 158 g/mol. The van der Waals surface area contributed by atoms with Gasteiger partial charge in [0, 0.05) is 6.04 Å². The van der Waals surface area contributed by atoms with Crippen LogP contribution in [0.3, 0.4) is 0 Å². The summed E-state index contributed by atoms with van der Waals surface area (Å²) in [6.45, 7) is 3.51. The molecule has 2 atom stereocenters. The van der Waals surface area contributed by atoms with Crippen LogP contribution in [0.25, 0.3) is 0 Å². The molecule has 1 heterocycles. The van der Waals surface area contributed by atoms with Gasteiger partial charge in [-0.1, -0.05) is 37.3 Å². The van der Waals surface area contributed by atoms with E-state index in [9.17, 15) is 0 Å². The van der Waals surface area contributed by atoms with Crippen molar-refractivity contribution in [1.29, 1.82) is 0 Å². The van der Waals surface area contributed by atoms with Gasteiger partial charge in [-0.05, 0) is 30.9 Å². The van der Waals surface area contributed by atoms with E-state index in [2.05, 4.69) is 42.6 Å². The summed E-state index contributed by atoms with van der Waals surface area (Å²) in [6.07, 6.45) is 2.68. The highest BCUT2D eigenvalue weighted by Crippen LogP contribution is 2.28. The molecule has 1 aromatic rings. The van der Waals surface area contributed by atoms with Gasteiger partial charge in [-0.25, -0.2) is 0 Å². The molecule has 1 aromatic carbocycles. The second-order valence-corrected chi connectivity index (χ2v) is 3.96. The van der Waals surface area contributed by atoms with Crippen molar-refractivity contribution in [1.82, 2.24) is 5.32 Å². The average Bonchev–Trinajstić information content (AvgIpc) is 2.20. The van der Waals surface area contributed by atoms with Gasteiger partial charge in [-0.2, -0.15) is 0 Å². The summed E-state index contributed by atoms with van der Waals surface area (Å²) in [6, 6.07) is 11.3. The molecule has 0 saturated carbocycles. The SMILES string of the molecule is C[C@H]1CCCNC1c1ccccc1. The molecule has 0 aliphatic carbocycles. The van der Waals surface area contributed by atoms with Gasteiger partial charge in [0.25, 0.3) is 0 Å². The lowest BCUT2D eigenvalue weighted by Gasteiger charge is -2.30. The van der Waals surface area contributed by atoms with Crippen molar-refractivity contribution < 1.29 is 0 Å². The molecule has 0 aromatic heterocycles. The third-order valence-corrected chi connectivity index (χ3v) is 2.93. The fourth-order valence-corrected chi connectivity index (χ4v) is 2.16. The van der Waals surface area contributed by atoms with Gasteiger partial charge in [-0.15, -0.1) is 0 Å². The Labute approximate surface area is 80.2 Å². The smallest absolute Gasteiger partial charge is 0.0346 e. The van der Waals surface area contributed by atoms with Gasteiger partial charge in [-0.3, -0.25) is 0 Å². The summed E-state index contributed by atoms with van der Waals surface area (Å²) < 4.78 is 0. The topological polar surface area (TPSA) is 12.0 Å². The molecule has 0 bridgehead atoms. The third-order valence-electron chi connectivity index (χ3n) is 2.93. The van der Waals surface area contributed by atoms with E-state index in [1.165, 1.54) is 24.9 Å². The van der Waals surface area contributed by atoms with E-state index in [1.807, 2.05) is 0 Å². The summed E-state index contributed by atoms with van der Waals surface area (Å²) in [4.78, 5) is 0. The van der Waals surface area contributed by atoms with Gasteiger partial charge in [0.05, 0.1) is 0 Å². The van der Waals surface area contributed by atoms with Gasteiger partial charge in [0.2, 0.25) is 0 Å². The zero-order chi connectivity index (χ0) is 9.10. The van der Waals surface area contributed by atoms with Crippen LogP contribution in [0.1, 0.15) is 31.4 Å². The summed E-state index contributed by atoms with van der Waals surface area (Å²) in [5, 5.41) is 3.59. The Balaban J connectivity index is 2.15. The zero-order valence-electron chi connectivity index (χ0n) is 8.16. The molecule has 1 N–H and O–H groups in total. The molecule has 1 aliphatic heterocycles. The highest BCUT2D eigenvalue weighted by molar-refractivity contribution is 5.19. The number of nitrogens with one attached hydrogen (secondary N) is 1.